The Morgan fingerprint density at radius 3 is 2.82 bits per heavy atom. The van der Waals surface area contributed by atoms with E-state index in [2.05, 4.69) is 15.1 Å². The van der Waals surface area contributed by atoms with Crippen LogP contribution in [0.4, 0.5) is 0 Å². The summed E-state index contributed by atoms with van der Waals surface area (Å²) in [5, 5.41) is 4.06. The summed E-state index contributed by atoms with van der Waals surface area (Å²) in [6.45, 7) is 0.838. The number of benzene rings is 1. The highest BCUT2D eigenvalue weighted by atomic mass is 16.5. The second-order valence-electron chi connectivity index (χ2n) is 6.78. The van der Waals surface area contributed by atoms with Crippen LogP contribution in [0.15, 0.2) is 59.4 Å². The van der Waals surface area contributed by atoms with Crippen LogP contribution in [0, 0.1) is 0 Å². The lowest BCUT2D eigenvalue weighted by Crippen LogP contribution is -2.38. The quantitative estimate of drug-likeness (QED) is 0.628. The van der Waals surface area contributed by atoms with E-state index in [1.807, 2.05) is 47.4 Å². The number of nitrogens with zero attached hydrogens (tertiary/aromatic N) is 4. The fourth-order valence-electron chi connectivity index (χ4n) is 3.47. The molecule has 2 aromatic heterocycles. The van der Waals surface area contributed by atoms with Gasteiger partial charge in [0.25, 0.3) is 11.8 Å². The molecule has 0 bridgehead atoms. The van der Waals surface area contributed by atoms with Gasteiger partial charge in [-0.05, 0) is 43.5 Å². The minimum atomic E-state index is 0.0249. The summed E-state index contributed by atoms with van der Waals surface area (Å²) in [6, 6.07) is 13.3. The van der Waals surface area contributed by atoms with E-state index in [0.717, 1.165) is 31.4 Å². The van der Waals surface area contributed by atoms with E-state index in [9.17, 15) is 4.79 Å². The first kappa shape index (κ1) is 18.2. The van der Waals surface area contributed by atoms with Crippen LogP contribution in [0.5, 0.6) is 5.75 Å². The zero-order chi connectivity index (χ0) is 19.2. The minimum Gasteiger partial charge on any atom is -0.484 e. The number of para-hydroxylation sites is 1. The molecule has 1 aliphatic rings. The van der Waals surface area contributed by atoms with Gasteiger partial charge < -0.3 is 14.2 Å². The van der Waals surface area contributed by atoms with Gasteiger partial charge in [-0.3, -0.25) is 9.78 Å². The number of pyridine rings is 1. The van der Waals surface area contributed by atoms with Gasteiger partial charge in [-0.25, -0.2) is 0 Å². The molecule has 0 aliphatic carbocycles. The number of likely N-dealkylation sites (tertiary alicyclic amines) is 1. The van der Waals surface area contributed by atoms with Crippen LogP contribution in [0.1, 0.15) is 25.1 Å². The number of hydrogen-bond acceptors (Lipinski definition) is 6. The monoisotopic (exact) mass is 378 g/mol. The summed E-state index contributed by atoms with van der Waals surface area (Å²) in [5.41, 5.74) is 0.851. The fourth-order valence-corrected chi connectivity index (χ4v) is 3.47. The number of ether oxygens (including phenoxy) is 1. The van der Waals surface area contributed by atoms with Crippen LogP contribution in [-0.2, 0) is 11.2 Å². The topological polar surface area (TPSA) is 81.4 Å². The molecule has 1 aliphatic heterocycles. The van der Waals surface area contributed by atoms with E-state index < -0.39 is 0 Å². The lowest BCUT2D eigenvalue weighted by molar-refractivity contribution is -0.134. The van der Waals surface area contributed by atoms with E-state index in [4.69, 9.17) is 9.26 Å². The standard InChI is InChI=1S/C21H22N4O3/c26-20(15-27-18-6-2-1-3-7-18)25-14-4-5-17(25)8-9-19-23-21(28-24-19)16-10-12-22-13-11-16/h1-3,6-7,10-13,17H,4-5,8-9,14-15H2. The Morgan fingerprint density at radius 2 is 2.00 bits per heavy atom. The first-order chi connectivity index (χ1) is 13.8. The molecule has 1 saturated heterocycles. The van der Waals surface area contributed by atoms with Gasteiger partial charge in [0.15, 0.2) is 12.4 Å². The molecule has 1 atom stereocenters. The Hall–Kier alpha value is -3.22. The van der Waals surface area contributed by atoms with Gasteiger partial charge in [0.1, 0.15) is 5.75 Å². The van der Waals surface area contributed by atoms with Crippen LogP contribution in [-0.4, -0.2) is 45.1 Å². The average Bonchev–Trinajstić information content (AvgIpc) is 3.41. The fraction of sp³-hybridized carbons (Fsp3) is 0.333. The highest BCUT2D eigenvalue weighted by molar-refractivity contribution is 5.78. The van der Waals surface area contributed by atoms with Crippen molar-refractivity contribution in [3.05, 3.63) is 60.7 Å². The summed E-state index contributed by atoms with van der Waals surface area (Å²) >= 11 is 0. The van der Waals surface area contributed by atoms with Crippen molar-refractivity contribution in [2.24, 2.45) is 0 Å². The van der Waals surface area contributed by atoms with Gasteiger partial charge in [0.05, 0.1) is 0 Å². The maximum atomic E-state index is 12.6. The molecule has 0 spiro atoms. The average molecular weight is 378 g/mol. The Morgan fingerprint density at radius 1 is 1.18 bits per heavy atom. The van der Waals surface area contributed by atoms with E-state index in [1.165, 1.54) is 0 Å². The predicted molar refractivity (Wildman–Crippen MR) is 103 cm³/mol. The predicted octanol–water partition coefficient (Wildman–Crippen LogP) is 3.13. The lowest BCUT2D eigenvalue weighted by Gasteiger charge is -2.24. The smallest absolute Gasteiger partial charge is 0.260 e. The van der Waals surface area contributed by atoms with E-state index in [-0.39, 0.29) is 18.6 Å². The largest absolute Gasteiger partial charge is 0.484 e. The summed E-state index contributed by atoms with van der Waals surface area (Å²) in [6.07, 6.45) is 6.87. The van der Waals surface area contributed by atoms with Crippen molar-refractivity contribution in [1.29, 1.82) is 0 Å². The van der Waals surface area contributed by atoms with Gasteiger partial charge in [-0.1, -0.05) is 23.4 Å². The number of aromatic nitrogens is 3. The molecule has 1 aromatic carbocycles. The van der Waals surface area contributed by atoms with Crippen molar-refractivity contribution in [2.75, 3.05) is 13.2 Å². The third kappa shape index (κ3) is 4.36. The number of rotatable bonds is 7. The second-order valence-corrected chi connectivity index (χ2v) is 6.78. The maximum absolute atomic E-state index is 12.6. The SMILES string of the molecule is O=C(COc1ccccc1)N1CCCC1CCc1noc(-c2ccncc2)n1. The van der Waals surface area contributed by atoms with Crippen LogP contribution >= 0.6 is 0 Å². The van der Waals surface area contributed by atoms with Gasteiger partial charge in [0.2, 0.25) is 0 Å². The van der Waals surface area contributed by atoms with Crippen molar-refractivity contribution in [2.45, 2.75) is 31.7 Å². The molecule has 7 nitrogen and oxygen atoms in total. The Bertz CT molecular complexity index is 898. The van der Waals surface area contributed by atoms with E-state index in [1.54, 1.807) is 12.4 Å². The highest BCUT2D eigenvalue weighted by Gasteiger charge is 2.29. The Kier molecular flexibility index (Phi) is 5.61. The zero-order valence-corrected chi connectivity index (χ0v) is 15.5. The van der Waals surface area contributed by atoms with Crippen LogP contribution < -0.4 is 4.74 Å². The molecule has 0 saturated carbocycles. The molecule has 4 rings (SSSR count). The number of carbonyl (C=O) groups is 1. The number of amides is 1. The Balaban J connectivity index is 1.30. The number of hydrogen-bond donors (Lipinski definition) is 0. The zero-order valence-electron chi connectivity index (χ0n) is 15.5. The normalized spacial score (nSPS) is 16.3. The summed E-state index contributed by atoms with van der Waals surface area (Å²) < 4.78 is 10.9. The van der Waals surface area contributed by atoms with Crippen LogP contribution in [0.3, 0.4) is 0 Å². The minimum absolute atomic E-state index is 0.0249. The van der Waals surface area contributed by atoms with Gasteiger partial charge in [-0.2, -0.15) is 4.98 Å². The van der Waals surface area contributed by atoms with Crippen molar-refractivity contribution < 1.29 is 14.1 Å². The first-order valence-electron chi connectivity index (χ1n) is 9.50. The van der Waals surface area contributed by atoms with Gasteiger partial charge in [0, 0.05) is 37.0 Å². The number of carbonyl (C=O) groups excluding carboxylic acids is 1. The molecule has 0 radical (unpaired) electrons. The van der Waals surface area contributed by atoms with Crippen molar-refractivity contribution >= 4 is 5.91 Å². The molecule has 7 heteroatoms. The molecule has 3 heterocycles. The molecule has 144 valence electrons. The van der Waals surface area contributed by atoms with Crippen molar-refractivity contribution in [1.82, 2.24) is 20.0 Å². The van der Waals surface area contributed by atoms with E-state index >= 15 is 0 Å². The summed E-state index contributed by atoms with van der Waals surface area (Å²) in [4.78, 5) is 22.9. The second kappa shape index (κ2) is 8.65. The third-order valence-electron chi connectivity index (χ3n) is 4.90. The third-order valence-corrected chi connectivity index (χ3v) is 4.90. The van der Waals surface area contributed by atoms with Crippen molar-refractivity contribution in [3.8, 4) is 17.2 Å². The number of aryl methyl sites for hydroxylation is 1. The van der Waals surface area contributed by atoms with Crippen molar-refractivity contribution in [3.63, 3.8) is 0 Å². The molecule has 1 amide bonds. The molecule has 0 N–H and O–H groups in total. The molecule has 3 aromatic rings. The molecular formula is C21H22N4O3. The highest BCUT2D eigenvalue weighted by Crippen LogP contribution is 2.23. The van der Waals surface area contributed by atoms with Gasteiger partial charge >= 0.3 is 0 Å². The summed E-state index contributed by atoms with van der Waals surface area (Å²) in [5.74, 6) is 1.89. The van der Waals surface area contributed by atoms with E-state index in [0.29, 0.717) is 23.9 Å². The Labute approximate surface area is 163 Å². The molecule has 28 heavy (non-hydrogen) atoms. The first-order valence-corrected chi connectivity index (χ1v) is 9.50. The van der Waals surface area contributed by atoms with Gasteiger partial charge in [-0.15, -0.1) is 0 Å². The van der Waals surface area contributed by atoms with Crippen LogP contribution in [0.25, 0.3) is 11.5 Å². The lowest BCUT2D eigenvalue weighted by atomic mass is 10.1. The van der Waals surface area contributed by atoms with Crippen LogP contribution in [0.2, 0.25) is 0 Å². The maximum Gasteiger partial charge on any atom is 0.260 e. The molecule has 1 fully saturated rings. The summed E-state index contributed by atoms with van der Waals surface area (Å²) in [7, 11) is 0. The molecule has 1 unspecified atom stereocenters. The molecular weight excluding hydrogens is 356 g/mol.